The molecule has 9 nitrogen and oxygen atoms in total. The van der Waals surface area contributed by atoms with Gasteiger partial charge in [-0.25, -0.2) is 13.1 Å². The van der Waals surface area contributed by atoms with E-state index < -0.39 is 15.9 Å². The van der Waals surface area contributed by atoms with Crippen molar-refractivity contribution < 1.29 is 13.2 Å². The minimum Gasteiger partial charge on any atom is -0.321 e. The molecule has 3 aromatic rings. The summed E-state index contributed by atoms with van der Waals surface area (Å²) in [7, 11) is -3.60. The number of carbonyl (C=O) groups is 1. The van der Waals surface area contributed by atoms with E-state index in [9.17, 15) is 18.0 Å². The van der Waals surface area contributed by atoms with Crippen LogP contribution < -0.4 is 10.9 Å². The molecule has 2 aromatic carbocycles. The summed E-state index contributed by atoms with van der Waals surface area (Å²) in [4.78, 5) is 28.2. The number of sulfonamides is 1. The van der Waals surface area contributed by atoms with Crippen LogP contribution in [0.15, 0.2) is 58.2 Å². The Balaban J connectivity index is 1.57. The summed E-state index contributed by atoms with van der Waals surface area (Å²) < 4.78 is 28.8. The summed E-state index contributed by atoms with van der Waals surface area (Å²) in [5.41, 5.74) is 0.318. The molecule has 1 amide bonds. The van der Waals surface area contributed by atoms with E-state index in [2.05, 4.69) is 22.2 Å². The van der Waals surface area contributed by atoms with Gasteiger partial charge in [-0.3, -0.25) is 9.59 Å². The Hall–Kier alpha value is -3.08. The van der Waals surface area contributed by atoms with Crippen LogP contribution in [-0.4, -0.2) is 66.0 Å². The quantitative estimate of drug-likeness (QED) is 0.578. The highest BCUT2D eigenvalue weighted by Gasteiger charge is 2.28. The number of aromatic nitrogens is 2. The second kappa shape index (κ2) is 9.65. The van der Waals surface area contributed by atoms with Crippen molar-refractivity contribution in [3.8, 4) is 0 Å². The first kappa shape index (κ1) is 24.1. The zero-order valence-electron chi connectivity index (χ0n) is 19.6. The van der Waals surface area contributed by atoms with Crippen LogP contribution in [0.1, 0.15) is 37.3 Å². The fraction of sp³-hybridized carbons (Fsp3) is 0.375. The zero-order chi connectivity index (χ0) is 24.5. The van der Waals surface area contributed by atoms with Gasteiger partial charge in [0, 0.05) is 37.3 Å². The Morgan fingerprint density at radius 1 is 1.00 bits per heavy atom. The molecule has 2 heterocycles. The lowest BCUT2D eigenvalue weighted by molar-refractivity contribution is 0.102. The van der Waals surface area contributed by atoms with Gasteiger partial charge in [0.05, 0.1) is 16.3 Å². The molecule has 0 radical (unpaired) electrons. The number of anilines is 1. The Morgan fingerprint density at radius 2 is 1.62 bits per heavy atom. The minimum atomic E-state index is -3.60. The van der Waals surface area contributed by atoms with E-state index in [1.807, 2.05) is 13.8 Å². The Bertz CT molecular complexity index is 1360. The topological polar surface area (TPSA) is 105 Å². The van der Waals surface area contributed by atoms with Gasteiger partial charge in [0.1, 0.15) is 0 Å². The molecule has 0 aliphatic carbocycles. The molecule has 1 saturated heterocycles. The number of fused-ring (bicyclic) bond motifs is 1. The molecule has 1 aliphatic rings. The zero-order valence-corrected chi connectivity index (χ0v) is 20.4. The predicted octanol–water partition coefficient (Wildman–Crippen LogP) is 2.56. The molecule has 0 saturated carbocycles. The molecule has 180 valence electrons. The number of benzene rings is 2. The van der Waals surface area contributed by atoms with E-state index >= 15 is 0 Å². The van der Waals surface area contributed by atoms with Gasteiger partial charge >= 0.3 is 0 Å². The number of rotatable bonds is 6. The largest absolute Gasteiger partial charge is 0.321 e. The van der Waals surface area contributed by atoms with E-state index in [4.69, 9.17) is 0 Å². The average Bonchev–Trinajstić information content (AvgIpc) is 2.84. The maximum atomic E-state index is 13.1. The Kier molecular flexibility index (Phi) is 6.83. The smallest absolute Gasteiger partial charge is 0.276 e. The molecular weight excluding hydrogens is 454 g/mol. The molecule has 0 spiro atoms. The molecule has 1 aliphatic heterocycles. The van der Waals surface area contributed by atoms with Crippen LogP contribution in [-0.2, 0) is 10.0 Å². The van der Waals surface area contributed by atoms with Crippen molar-refractivity contribution in [1.29, 1.82) is 0 Å². The summed E-state index contributed by atoms with van der Waals surface area (Å²) >= 11 is 0. The van der Waals surface area contributed by atoms with E-state index in [0.717, 1.165) is 6.54 Å². The summed E-state index contributed by atoms with van der Waals surface area (Å²) in [6, 6.07) is 12.8. The van der Waals surface area contributed by atoms with Crippen molar-refractivity contribution in [2.24, 2.45) is 0 Å². The number of carbonyl (C=O) groups excluding carboxylic acids is 1. The highest BCUT2D eigenvalue weighted by atomic mass is 32.2. The second-order valence-corrected chi connectivity index (χ2v) is 10.5. The summed E-state index contributed by atoms with van der Waals surface area (Å²) in [6.07, 6.45) is 0. The lowest BCUT2D eigenvalue weighted by Gasteiger charge is -2.33. The van der Waals surface area contributed by atoms with Gasteiger partial charge in [0.15, 0.2) is 5.69 Å². The molecule has 0 unspecified atom stereocenters. The third-order valence-electron chi connectivity index (χ3n) is 6.06. The number of nitrogens with zero attached hydrogens (tertiary/aromatic N) is 4. The van der Waals surface area contributed by atoms with E-state index in [1.165, 1.54) is 21.1 Å². The average molecular weight is 484 g/mol. The highest BCUT2D eigenvalue weighted by molar-refractivity contribution is 7.89. The van der Waals surface area contributed by atoms with Crippen molar-refractivity contribution in [3.63, 3.8) is 0 Å². The maximum absolute atomic E-state index is 13.1. The van der Waals surface area contributed by atoms with Crippen molar-refractivity contribution in [1.82, 2.24) is 19.0 Å². The van der Waals surface area contributed by atoms with Crippen LogP contribution in [0.2, 0.25) is 0 Å². The van der Waals surface area contributed by atoms with Crippen LogP contribution in [0.4, 0.5) is 5.69 Å². The number of piperazine rings is 1. The molecule has 34 heavy (non-hydrogen) atoms. The van der Waals surface area contributed by atoms with Crippen LogP contribution in [0.25, 0.3) is 10.8 Å². The number of likely N-dealkylation sites (N-methyl/N-ethyl adjacent to an activating group) is 1. The fourth-order valence-corrected chi connectivity index (χ4v) is 5.48. The molecule has 4 rings (SSSR count). The second-order valence-electron chi connectivity index (χ2n) is 8.55. The monoisotopic (exact) mass is 483 g/mol. The van der Waals surface area contributed by atoms with Crippen molar-refractivity contribution in [3.05, 3.63) is 64.6 Å². The number of hydrogen-bond donors (Lipinski definition) is 1. The van der Waals surface area contributed by atoms with Gasteiger partial charge in [-0.2, -0.15) is 9.40 Å². The molecule has 10 heteroatoms. The van der Waals surface area contributed by atoms with E-state index in [1.54, 1.807) is 36.4 Å². The molecule has 0 atom stereocenters. The maximum Gasteiger partial charge on any atom is 0.276 e. The molecular formula is C24H29N5O4S. The third-order valence-corrected chi connectivity index (χ3v) is 7.97. The standard InChI is InChI=1S/C24H29N5O4S/c1-4-27-13-15-28(16-14-27)34(32,33)19-11-9-18(10-12-19)25-23(30)22-20-7-5-6-8-21(20)24(31)29(26-22)17(2)3/h5-12,17H,4,13-16H2,1-3H3,(H,25,30). The van der Waals surface area contributed by atoms with Crippen molar-refractivity contribution >= 4 is 32.4 Å². The first-order valence-electron chi connectivity index (χ1n) is 11.4. The lowest BCUT2D eigenvalue weighted by atomic mass is 10.1. The van der Waals surface area contributed by atoms with E-state index in [-0.39, 0.29) is 22.2 Å². The van der Waals surface area contributed by atoms with Crippen molar-refractivity contribution in [2.45, 2.75) is 31.7 Å². The van der Waals surface area contributed by atoms with Gasteiger partial charge in [0.2, 0.25) is 10.0 Å². The first-order chi connectivity index (χ1) is 16.2. The molecule has 1 fully saturated rings. The van der Waals surface area contributed by atoms with Crippen molar-refractivity contribution in [2.75, 3.05) is 38.0 Å². The third kappa shape index (κ3) is 4.61. The van der Waals surface area contributed by atoms with Crippen LogP contribution in [0, 0.1) is 0 Å². The number of nitrogens with one attached hydrogen (secondary N) is 1. The normalized spacial score (nSPS) is 15.6. The molecule has 1 aromatic heterocycles. The number of hydrogen-bond acceptors (Lipinski definition) is 6. The lowest BCUT2D eigenvalue weighted by Crippen LogP contribution is -2.48. The summed E-state index contributed by atoms with van der Waals surface area (Å²) in [5.74, 6) is -0.475. The Morgan fingerprint density at radius 3 is 2.21 bits per heavy atom. The van der Waals surface area contributed by atoms with Gasteiger partial charge < -0.3 is 10.2 Å². The van der Waals surface area contributed by atoms with Gasteiger partial charge in [-0.15, -0.1) is 0 Å². The van der Waals surface area contributed by atoms with Crippen LogP contribution in [0.3, 0.4) is 0 Å². The van der Waals surface area contributed by atoms with Crippen LogP contribution >= 0.6 is 0 Å². The summed E-state index contributed by atoms with van der Waals surface area (Å²) in [5, 5.41) is 7.97. The molecule has 0 bridgehead atoms. The number of amides is 1. The van der Waals surface area contributed by atoms with E-state index in [0.29, 0.717) is 42.6 Å². The van der Waals surface area contributed by atoms with Gasteiger partial charge in [0.25, 0.3) is 11.5 Å². The minimum absolute atomic E-state index is 0.134. The predicted molar refractivity (Wildman–Crippen MR) is 132 cm³/mol. The Labute approximate surface area is 199 Å². The molecule has 1 N–H and O–H groups in total. The van der Waals surface area contributed by atoms with Crippen LogP contribution in [0.5, 0.6) is 0 Å². The van der Waals surface area contributed by atoms with Gasteiger partial charge in [-0.1, -0.05) is 25.1 Å². The SMILES string of the molecule is CCN1CCN(S(=O)(=O)c2ccc(NC(=O)c3nn(C(C)C)c(=O)c4ccccc34)cc2)CC1. The van der Waals surface area contributed by atoms with Gasteiger partial charge in [-0.05, 0) is 50.7 Å². The fourth-order valence-electron chi connectivity index (χ4n) is 4.06. The first-order valence-corrected chi connectivity index (χ1v) is 12.8. The summed E-state index contributed by atoms with van der Waals surface area (Å²) in [6.45, 7) is 8.96. The highest BCUT2D eigenvalue weighted by Crippen LogP contribution is 2.21.